The van der Waals surface area contributed by atoms with E-state index in [4.69, 9.17) is 0 Å². The molecule has 1 N–H and O–H groups in total. The average molecular weight is 312 g/mol. The fourth-order valence-electron chi connectivity index (χ4n) is 2.13. The molecule has 1 rings (SSSR count). The van der Waals surface area contributed by atoms with Crippen molar-refractivity contribution in [3.8, 4) is 0 Å². The van der Waals surface area contributed by atoms with E-state index < -0.39 is 0 Å². The molecule has 0 heterocycles. The minimum atomic E-state index is 0.393. The number of nitrogens with one attached hydrogen (secondary N) is 1. The van der Waals surface area contributed by atoms with Gasteiger partial charge in [0.2, 0.25) is 0 Å². The van der Waals surface area contributed by atoms with Crippen molar-refractivity contribution in [2.75, 3.05) is 6.54 Å². The Labute approximate surface area is 120 Å². The first kappa shape index (κ1) is 15.7. The summed E-state index contributed by atoms with van der Waals surface area (Å²) >= 11 is 3.73. The molecule has 1 nitrogen and oxygen atoms in total. The zero-order valence-electron chi connectivity index (χ0n) is 12.3. The number of hydrogen-bond acceptors (Lipinski definition) is 1. The lowest BCUT2D eigenvalue weighted by Gasteiger charge is -2.25. The van der Waals surface area contributed by atoms with Crippen LogP contribution in [0.15, 0.2) is 22.7 Å². The molecule has 0 radical (unpaired) electrons. The van der Waals surface area contributed by atoms with Gasteiger partial charge in [0, 0.05) is 10.5 Å². The van der Waals surface area contributed by atoms with Crippen molar-refractivity contribution in [2.45, 2.75) is 53.5 Å². The van der Waals surface area contributed by atoms with Crippen molar-refractivity contribution < 1.29 is 0 Å². The molecule has 1 atom stereocenters. The minimum absolute atomic E-state index is 0.393. The number of aryl methyl sites for hydroxylation is 1. The molecule has 0 aliphatic carbocycles. The predicted molar refractivity (Wildman–Crippen MR) is 84.0 cm³/mol. The van der Waals surface area contributed by atoms with Gasteiger partial charge in [-0.15, -0.1) is 0 Å². The third-order valence-corrected chi connectivity index (χ3v) is 4.31. The lowest BCUT2D eigenvalue weighted by molar-refractivity contribution is 0.333. The van der Waals surface area contributed by atoms with Crippen molar-refractivity contribution in [3.05, 3.63) is 33.8 Å². The highest BCUT2D eigenvalue weighted by atomic mass is 79.9. The molecular weight excluding hydrogens is 286 g/mol. The van der Waals surface area contributed by atoms with Crippen LogP contribution in [0.3, 0.4) is 0 Å². The van der Waals surface area contributed by atoms with Crippen molar-refractivity contribution in [2.24, 2.45) is 5.41 Å². The average Bonchev–Trinajstić information content (AvgIpc) is 2.27. The van der Waals surface area contributed by atoms with Gasteiger partial charge in [-0.25, -0.2) is 0 Å². The molecule has 0 aliphatic heterocycles. The van der Waals surface area contributed by atoms with Crippen LogP contribution < -0.4 is 5.32 Å². The maximum Gasteiger partial charge on any atom is 0.0331 e. The Morgan fingerprint density at radius 1 is 1.28 bits per heavy atom. The second kappa shape index (κ2) is 6.72. The predicted octanol–water partition coefficient (Wildman–Crippen LogP) is 5.23. The van der Waals surface area contributed by atoms with Crippen molar-refractivity contribution >= 4 is 15.9 Å². The van der Waals surface area contributed by atoms with Gasteiger partial charge in [-0.1, -0.05) is 61.8 Å². The fraction of sp³-hybridized carbons (Fsp3) is 0.625. The summed E-state index contributed by atoms with van der Waals surface area (Å²) in [6.07, 6.45) is 2.41. The van der Waals surface area contributed by atoms with Gasteiger partial charge in [-0.3, -0.25) is 0 Å². The molecule has 0 bridgehead atoms. The highest BCUT2D eigenvalue weighted by Crippen LogP contribution is 2.32. The summed E-state index contributed by atoms with van der Waals surface area (Å²) in [6, 6.07) is 6.98. The molecule has 0 saturated carbocycles. The van der Waals surface area contributed by atoms with E-state index in [1.165, 1.54) is 28.4 Å². The van der Waals surface area contributed by atoms with E-state index in [1.54, 1.807) is 0 Å². The van der Waals surface area contributed by atoms with Gasteiger partial charge in [0.05, 0.1) is 0 Å². The normalized spacial score (nSPS) is 13.7. The maximum atomic E-state index is 3.73. The van der Waals surface area contributed by atoms with Crippen molar-refractivity contribution in [1.29, 1.82) is 0 Å². The lowest BCUT2D eigenvalue weighted by Crippen LogP contribution is -2.23. The van der Waals surface area contributed by atoms with E-state index in [1.807, 2.05) is 0 Å². The summed E-state index contributed by atoms with van der Waals surface area (Å²) in [7, 11) is 0. The van der Waals surface area contributed by atoms with Crippen LogP contribution >= 0.6 is 15.9 Å². The highest BCUT2D eigenvalue weighted by Gasteiger charge is 2.18. The summed E-state index contributed by atoms with van der Waals surface area (Å²) in [5, 5.41) is 3.61. The van der Waals surface area contributed by atoms with Gasteiger partial charge in [-0.05, 0) is 42.9 Å². The Morgan fingerprint density at radius 2 is 1.94 bits per heavy atom. The Hall–Kier alpha value is -0.340. The zero-order valence-corrected chi connectivity index (χ0v) is 13.9. The van der Waals surface area contributed by atoms with E-state index in [-0.39, 0.29) is 0 Å². The van der Waals surface area contributed by atoms with E-state index >= 15 is 0 Å². The quantitative estimate of drug-likeness (QED) is 0.784. The zero-order chi connectivity index (χ0) is 13.8. The molecule has 2 heteroatoms. The topological polar surface area (TPSA) is 12.0 Å². The first-order valence-corrected chi connectivity index (χ1v) is 7.63. The molecule has 1 unspecified atom stereocenters. The Balaban J connectivity index is 2.87. The van der Waals surface area contributed by atoms with Crippen LogP contribution in [0.25, 0.3) is 0 Å². The summed E-state index contributed by atoms with van der Waals surface area (Å²) in [4.78, 5) is 0. The Bertz CT molecular complexity index is 379. The molecule has 0 fully saturated rings. The van der Waals surface area contributed by atoms with Gasteiger partial charge in [0.1, 0.15) is 0 Å². The molecule has 1 aromatic carbocycles. The van der Waals surface area contributed by atoms with Crippen LogP contribution in [0, 0.1) is 12.3 Å². The van der Waals surface area contributed by atoms with Crippen LogP contribution in [0.5, 0.6) is 0 Å². The summed E-state index contributed by atoms with van der Waals surface area (Å²) < 4.78 is 1.25. The highest BCUT2D eigenvalue weighted by molar-refractivity contribution is 9.10. The second-order valence-corrected chi connectivity index (χ2v) is 6.98. The minimum Gasteiger partial charge on any atom is -0.310 e. The van der Waals surface area contributed by atoms with Gasteiger partial charge in [0.15, 0.2) is 0 Å². The van der Waals surface area contributed by atoms with Gasteiger partial charge >= 0.3 is 0 Å². The van der Waals surface area contributed by atoms with Crippen LogP contribution in [0.2, 0.25) is 0 Å². The molecule has 0 aliphatic rings. The van der Waals surface area contributed by atoms with Gasteiger partial charge < -0.3 is 5.32 Å². The standard InChI is InChI=1S/C16H26BrN/c1-6-18-14(10-11-16(3,4)5)13-9-7-8-12(2)15(13)17/h7-9,14,18H,6,10-11H2,1-5H3. The summed E-state index contributed by atoms with van der Waals surface area (Å²) in [5.41, 5.74) is 3.09. The summed E-state index contributed by atoms with van der Waals surface area (Å²) in [5.74, 6) is 0. The monoisotopic (exact) mass is 311 g/mol. The van der Waals surface area contributed by atoms with Crippen LogP contribution in [0.1, 0.15) is 57.7 Å². The third kappa shape index (κ3) is 4.74. The third-order valence-electron chi connectivity index (χ3n) is 3.23. The van der Waals surface area contributed by atoms with E-state index in [0.717, 1.165) is 6.54 Å². The SMILES string of the molecule is CCNC(CCC(C)(C)C)c1cccc(C)c1Br. The molecule has 0 amide bonds. The van der Waals surface area contributed by atoms with E-state index in [0.29, 0.717) is 11.5 Å². The van der Waals surface area contributed by atoms with Gasteiger partial charge in [0.25, 0.3) is 0 Å². The first-order valence-electron chi connectivity index (χ1n) is 6.83. The molecule has 0 saturated heterocycles. The van der Waals surface area contributed by atoms with Crippen molar-refractivity contribution in [1.82, 2.24) is 5.32 Å². The van der Waals surface area contributed by atoms with E-state index in [9.17, 15) is 0 Å². The lowest BCUT2D eigenvalue weighted by atomic mass is 9.87. The largest absolute Gasteiger partial charge is 0.310 e. The first-order chi connectivity index (χ1) is 8.35. The maximum absolute atomic E-state index is 3.73. The number of halogens is 1. The van der Waals surface area contributed by atoms with E-state index in [2.05, 4.69) is 74.1 Å². The van der Waals surface area contributed by atoms with Gasteiger partial charge in [-0.2, -0.15) is 0 Å². The summed E-state index contributed by atoms with van der Waals surface area (Å²) in [6.45, 7) is 12.3. The van der Waals surface area contributed by atoms with Crippen LogP contribution in [-0.4, -0.2) is 6.54 Å². The van der Waals surface area contributed by atoms with Crippen molar-refractivity contribution in [3.63, 3.8) is 0 Å². The van der Waals surface area contributed by atoms with Crippen LogP contribution in [0.4, 0.5) is 0 Å². The number of rotatable bonds is 5. The molecule has 1 aromatic rings. The smallest absolute Gasteiger partial charge is 0.0331 e. The molecule has 18 heavy (non-hydrogen) atoms. The number of benzene rings is 1. The molecule has 102 valence electrons. The molecule has 0 spiro atoms. The fourth-order valence-corrected chi connectivity index (χ4v) is 2.67. The molecule has 0 aromatic heterocycles. The Morgan fingerprint density at radius 3 is 2.50 bits per heavy atom. The van der Waals surface area contributed by atoms with Crippen LogP contribution in [-0.2, 0) is 0 Å². The Kier molecular flexibility index (Phi) is 5.87. The second-order valence-electron chi connectivity index (χ2n) is 6.19. The number of hydrogen-bond donors (Lipinski definition) is 1. The molecular formula is C16H26BrN.